The van der Waals surface area contributed by atoms with Crippen molar-refractivity contribution in [1.29, 1.82) is 0 Å². The molecule has 3 heteroatoms. The second kappa shape index (κ2) is 7.77. The van der Waals surface area contributed by atoms with Crippen LogP contribution in [0.1, 0.15) is 51.6 Å². The summed E-state index contributed by atoms with van der Waals surface area (Å²) >= 11 is 0. The Labute approximate surface area is 134 Å². The molecule has 2 rings (SSSR count). The monoisotopic (exact) mass is 303 g/mol. The lowest BCUT2D eigenvalue weighted by atomic mass is 9.70. The fourth-order valence-electron chi connectivity index (χ4n) is 3.67. The number of benzene rings is 1. The Hall–Kier alpha value is -1.35. The first kappa shape index (κ1) is 17.0. The van der Waals surface area contributed by atoms with E-state index in [9.17, 15) is 4.79 Å². The standard InChI is InChI=1S/C19H29NO2/c1-13(2)17-10-9-14(3)11-16(17)12-22-19(21)18(20)15-7-5-4-6-8-15/h4-8,13-14,16-18H,9-12,20H2,1-3H3/t14-,16+,17+,18?/m1/s1. The Morgan fingerprint density at radius 3 is 2.59 bits per heavy atom. The van der Waals surface area contributed by atoms with Gasteiger partial charge in [-0.1, -0.05) is 57.5 Å². The van der Waals surface area contributed by atoms with Crippen LogP contribution in [0, 0.1) is 23.7 Å². The fraction of sp³-hybridized carbons (Fsp3) is 0.632. The molecule has 1 aromatic carbocycles. The molecule has 0 aromatic heterocycles. The zero-order valence-corrected chi connectivity index (χ0v) is 14.0. The number of esters is 1. The van der Waals surface area contributed by atoms with Crippen molar-refractivity contribution >= 4 is 5.97 Å². The molecule has 1 aromatic rings. The van der Waals surface area contributed by atoms with Crippen molar-refractivity contribution in [3.05, 3.63) is 35.9 Å². The van der Waals surface area contributed by atoms with E-state index in [1.165, 1.54) is 12.8 Å². The maximum absolute atomic E-state index is 12.2. The third kappa shape index (κ3) is 4.33. The summed E-state index contributed by atoms with van der Waals surface area (Å²) in [6, 6.07) is 8.75. The number of ether oxygens (including phenoxy) is 1. The van der Waals surface area contributed by atoms with E-state index in [-0.39, 0.29) is 5.97 Å². The van der Waals surface area contributed by atoms with Gasteiger partial charge in [-0.05, 0) is 42.1 Å². The summed E-state index contributed by atoms with van der Waals surface area (Å²) in [6.07, 6.45) is 3.68. The maximum Gasteiger partial charge on any atom is 0.327 e. The summed E-state index contributed by atoms with van der Waals surface area (Å²) in [7, 11) is 0. The molecular formula is C19H29NO2. The van der Waals surface area contributed by atoms with Gasteiger partial charge in [-0.3, -0.25) is 0 Å². The highest BCUT2D eigenvalue weighted by atomic mass is 16.5. The predicted octanol–water partition coefficient (Wildman–Crippen LogP) is 3.94. The molecule has 3 nitrogen and oxygen atoms in total. The van der Waals surface area contributed by atoms with Gasteiger partial charge < -0.3 is 10.5 Å². The van der Waals surface area contributed by atoms with Gasteiger partial charge in [0.15, 0.2) is 0 Å². The third-order valence-electron chi connectivity index (χ3n) is 5.01. The first-order chi connectivity index (χ1) is 10.5. The van der Waals surface area contributed by atoms with Crippen molar-refractivity contribution < 1.29 is 9.53 Å². The van der Waals surface area contributed by atoms with Crippen LogP contribution in [0.5, 0.6) is 0 Å². The molecule has 1 aliphatic rings. The first-order valence-corrected chi connectivity index (χ1v) is 8.46. The molecule has 1 saturated carbocycles. The van der Waals surface area contributed by atoms with Gasteiger partial charge in [-0.25, -0.2) is 4.79 Å². The van der Waals surface area contributed by atoms with Gasteiger partial charge in [-0.15, -0.1) is 0 Å². The first-order valence-electron chi connectivity index (χ1n) is 8.46. The second-order valence-electron chi connectivity index (χ2n) is 7.10. The van der Waals surface area contributed by atoms with E-state index in [0.29, 0.717) is 24.4 Å². The maximum atomic E-state index is 12.2. The number of nitrogens with two attached hydrogens (primary N) is 1. The summed E-state index contributed by atoms with van der Waals surface area (Å²) in [4.78, 5) is 12.2. The quantitative estimate of drug-likeness (QED) is 0.838. The van der Waals surface area contributed by atoms with Crippen molar-refractivity contribution in [3.8, 4) is 0 Å². The molecule has 0 aliphatic heterocycles. The summed E-state index contributed by atoms with van der Waals surface area (Å²) in [5, 5.41) is 0. The van der Waals surface area contributed by atoms with Crippen LogP contribution in [-0.4, -0.2) is 12.6 Å². The Bertz CT molecular complexity index is 472. The van der Waals surface area contributed by atoms with Gasteiger partial charge in [0.25, 0.3) is 0 Å². The number of carbonyl (C=O) groups excluding carboxylic acids is 1. The minimum absolute atomic E-state index is 0.313. The van der Waals surface area contributed by atoms with Gasteiger partial charge in [0, 0.05) is 0 Å². The molecule has 2 N–H and O–H groups in total. The van der Waals surface area contributed by atoms with E-state index in [2.05, 4.69) is 20.8 Å². The van der Waals surface area contributed by atoms with E-state index >= 15 is 0 Å². The molecule has 0 saturated heterocycles. The van der Waals surface area contributed by atoms with Crippen LogP contribution in [0.15, 0.2) is 30.3 Å². The normalized spacial score (nSPS) is 26.7. The van der Waals surface area contributed by atoms with E-state index < -0.39 is 6.04 Å². The molecule has 0 radical (unpaired) electrons. The Balaban J connectivity index is 1.91. The summed E-state index contributed by atoms with van der Waals surface area (Å²) in [6.45, 7) is 7.34. The smallest absolute Gasteiger partial charge is 0.327 e. The lowest BCUT2D eigenvalue weighted by molar-refractivity contribution is -0.148. The Morgan fingerprint density at radius 2 is 1.95 bits per heavy atom. The minimum atomic E-state index is -0.681. The highest BCUT2D eigenvalue weighted by Crippen LogP contribution is 2.38. The highest BCUT2D eigenvalue weighted by molar-refractivity contribution is 5.77. The van der Waals surface area contributed by atoms with Crippen molar-refractivity contribution in [2.24, 2.45) is 29.4 Å². The van der Waals surface area contributed by atoms with Gasteiger partial charge in [0.05, 0.1) is 6.61 Å². The Kier molecular flexibility index (Phi) is 6.01. The van der Waals surface area contributed by atoms with Gasteiger partial charge >= 0.3 is 5.97 Å². The molecule has 0 spiro atoms. The van der Waals surface area contributed by atoms with Crippen molar-refractivity contribution in [2.75, 3.05) is 6.61 Å². The predicted molar refractivity (Wildman–Crippen MR) is 89.2 cm³/mol. The SMILES string of the molecule is CC(C)[C@@H]1CC[C@@H](C)C[C@H]1COC(=O)C(N)c1ccccc1. The molecule has 4 atom stereocenters. The van der Waals surface area contributed by atoms with Gasteiger partial charge in [-0.2, -0.15) is 0 Å². The highest BCUT2D eigenvalue weighted by Gasteiger charge is 2.32. The molecule has 1 fully saturated rings. The molecule has 122 valence electrons. The summed E-state index contributed by atoms with van der Waals surface area (Å²) in [5.41, 5.74) is 6.81. The van der Waals surface area contributed by atoms with Crippen LogP contribution < -0.4 is 5.73 Å². The summed E-state index contributed by atoms with van der Waals surface area (Å²) < 4.78 is 5.56. The van der Waals surface area contributed by atoms with E-state index in [0.717, 1.165) is 17.9 Å². The summed E-state index contributed by atoms with van der Waals surface area (Å²) in [5.74, 6) is 2.17. The number of hydrogen-bond donors (Lipinski definition) is 1. The van der Waals surface area contributed by atoms with Gasteiger partial charge in [0.2, 0.25) is 0 Å². The van der Waals surface area contributed by atoms with Gasteiger partial charge in [0.1, 0.15) is 6.04 Å². The molecule has 1 aliphatic carbocycles. The minimum Gasteiger partial charge on any atom is -0.464 e. The van der Waals surface area contributed by atoms with E-state index in [4.69, 9.17) is 10.5 Å². The average molecular weight is 303 g/mol. The number of rotatable bonds is 5. The second-order valence-corrected chi connectivity index (χ2v) is 7.10. The number of hydrogen-bond acceptors (Lipinski definition) is 3. The van der Waals surface area contributed by atoms with Crippen LogP contribution >= 0.6 is 0 Å². The van der Waals surface area contributed by atoms with Crippen LogP contribution in [0.3, 0.4) is 0 Å². The van der Waals surface area contributed by atoms with Crippen molar-refractivity contribution in [1.82, 2.24) is 0 Å². The molecule has 0 heterocycles. The lowest BCUT2D eigenvalue weighted by Gasteiger charge is -2.37. The van der Waals surface area contributed by atoms with Crippen LogP contribution in [0.4, 0.5) is 0 Å². The average Bonchev–Trinajstić information content (AvgIpc) is 2.52. The molecule has 1 unspecified atom stereocenters. The zero-order chi connectivity index (χ0) is 16.1. The van der Waals surface area contributed by atoms with Crippen LogP contribution in [0.25, 0.3) is 0 Å². The zero-order valence-electron chi connectivity index (χ0n) is 14.0. The van der Waals surface area contributed by atoms with Crippen LogP contribution in [0.2, 0.25) is 0 Å². The van der Waals surface area contributed by atoms with Crippen LogP contribution in [-0.2, 0) is 9.53 Å². The lowest BCUT2D eigenvalue weighted by Crippen LogP contribution is -2.33. The topological polar surface area (TPSA) is 52.3 Å². The molecular weight excluding hydrogens is 274 g/mol. The number of carbonyl (C=O) groups is 1. The van der Waals surface area contributed by atoms with E-state index in [1.54, 1.807) is 0 Å². The van der Waals surface area contributed by atoms with E-state index in [1.807, 2.05) is 30.3 Å². The van der Waals surface area contributed by atoms with Crippen molar-refractivity contribution in [3.63, 3.8) is 0 Å². The largest absolute Gasteiger partial charge is 0.464 e. The van der Waals surface area contributed by atoms with Crippen molar-refractivity contribution in [2.45, 2.75) is 46.1 Å². The Morgan fingerprint density at radius 1 is 1.27 bits per heavy atom. The third-order valence-corrected chi connectivity index (χ3v) is 5.01. The molecule has 0 amide bonds. The molecule has 0 bridgehead atoms. The molecule has 22 heavy (non-hydrogen) atoms. The fourth-order valence-corrected chi connectivity index (χ4v) is 3.67.